The first-order chi connectivity index (χ1) is 8.99. The molecule has 1 fully saturated rings. The van der Waals surface area contributed by atoms with E-state index in [1.807, 2.05) is 6.92 Å². The summed E-state index contributed by atoms with van der Waals surface area (Å²) in [6.45, 7) is 6.35. The Balaban J connectivity index is 2.17. The number of carboxylic acids is 1. The molecular formula is C15H22N2O2. The van der Waals surface area contributed by atoms with Gasteiger partial charge in [-0.15, -0.1) is 0 Å². The van der Waals surface area contributed by atoms with E-state index < -0.39 is 5.97 Å². The van der Waals surface area contributed by atoms with Crippen molar-refractivity contribution in [2.75, 3.05) is 0 Å². The number of hydrogen-bond donors (Lipinski definition) is 3. The van der Waals surface area contributed by atoms with Crippen LogP contribution in [-0.4, -0.2) is 17.1 Å². The molecule has 1 aliphatic rings. The van der Waals surface area contributed by atoms with E-state index in [1.165, 1.54) is 5.56 Å². The number of carboxylic acid groups (broad SMARTS) is 1. The van der Waals surface area contributed by atoms with Gasteiger partial charge in [0.25, 0.3) is 0 Å². The van der Waals surface area contributed by atoms with E-state index in [0.717, 1.165) is 5.56 Å². The Bertz CT molecular complexity index is 442. The molecule has 1 aromatic carbocycles. The minimum Gasteiger partial charge on any atom is -0.481 e. The highest BCUT2D eigenvalue weighted by Crippen LogP contribution is 2.31. The normalized spacial score (nSPS) is 26.8. The number of rotatable bonds is 4. The molecule has 19 heavy (non-hydrogen) atoms. The Morgan fingerprint density at radius 3 is 2.42 bits per heavy atom. The average Bonchev–Trinajstić information content (AvgIpc) is 2.71. The van der Waals surface area contributed by atoms with Crippen molar-refractivity contribution >= 4 is 5.97 Å². The molecule has 104 valence electrons. The number of hydrazine groups is 1. The largest absolute Gasteiger partial charge is 0.481 e. The van der Waals surface area contributed by atoms with Gasteiger partial charge in [0.1, 0.15) is 0 Å². The summed E-state index contributed by atoms with van der Waals surface area (Å²) < 4.78 is 0. The zero-order valence-electron chi connectivity index (χ0n) is 11.7. The van der Waals surface area contributed by atoms with E-state index in [0.29, 0.717) is 5.92 Å². The SMILES string of the molecule is CC(C)c1ccc(C2NNC(C)C2CC(=O)O)cc1. The zero-order valence-corrected chi connectivity index (χ0v) is 11.7. The van der Waals surface area contributed by atoms with Crippen molar-refractivity contribution in [1.29, 1.82) is 0 Å². The lowest BCUT2D eigenvalue weighted by Crippen LogP contribution is -2.29. The van der Waals surface area contributed by atoms with Crippen LogP contribution in [0.3, 0.4) is 0 Å². The van der Waals surface area contributed by atoms with Crippen molar-refractivity contribution in [3.05, 3.63) is 35.4 Å². The Morgan fingerprint density at radius 1 is 1.26 bits per heavy atom. The minimum atomic E-state index is -0.744. The van der Waals surface area contributed by atoms with Gasteiger partial charge in [-0.2, -0.15) is 0 Å². The number of aliphatic carboxylic acids is 1. The average molecular weight is 262 g/mol. The molecule has 1 aromatic rings. The fourth-order valence-corrected chi connectivity index (χ4v) is 2.64. The molecule has 0 aliphatic carbocycles. The van der Waals surface area contributed by atoms with Crippen molar-refractivity contribution < 1.29 is 9.90 Å². The fraction of sp³-hybridized carbons (Fsp3) is 0.533. The predicted octanol–water partition coefficient (Wildman–Crippen LogP) is 2.44. The van der Waals surface area contributed by atoms with Crippen molar-refractivity contribution in [3.63, 3.8) is 0 Å². The molecule has 0 bridgehead atoms. The minimum absolute atomic E-state index is 0.0623. The molecule has 3 atom stereocenters. The molecule has 0 amide bonds. The molecule has 4 nitrogen and oxygen atoms in total. The second-order valence-corrected chi connectivity index (χ2v) is 5.64. The molecule has 4 heteroatoms. The van der Waals surface area contributed by atoms with Crippen molar-refractivity contribution in [1.82, 2.24) is 10.9 Å². The van der Waals surface area contributed by atoms with Gasteiger partial charge in [0.15, 0.2) is 0 Å². The maximum atomic E-state index is 11.0. The van der Waals surface area contributed by atoms with E-state index in [-0.39, 0.29) is 24.4 Å². The van der Waals surface area contributed by atoms with E-state index >= 15 is 0 Å². The standard InChI is InChI=1S/C15H22N2O2/c1-9(2)11-4-6-12(7-5-11)15-13(8-14(18)19)10(3)16-17-15/h4-7,9-10,13,15-17H,8H2,1-3H3,(H,18,19). The molecule has 3 unspecified atom stereocenters. The lowest BCUT2D eigenvalue weighted by atomic mass is 9.87. The second kappa shape index (κ2) is 5.72. The lowest BCUT2D eigenvalue weighted by Gasteiger charge is -2.20. The topological polar surface area (TPSA) is 61.4 Å². The third-order valence-corrected chi connectivity index (χ3v) is 3.91. The van der Waals surface area contributed by atoms with Crippen molar-refractivity contribution in [3.8, 4) is 0 Å². The molecule has 2 rings (SSSR count). The summed E-state index contributed by atoms with van der Waals surface area (Å²) in [5, 5.41) is 9.02. The Hall–Kier alpha value is -1.39. The fourth-order valence-electron chi connectivity index (χ4n) is 2.64. The first-order valence-corrected chi connectivity index (χ1v) is 6.81. The molecule has 1 saturated heterocycles. The Labute approximate surface area is 114 Å². The highest BCUT2D eigenvalue weighted by Gasteiger charge is 2.35. The van der Waals surface area contributed by atoms with Crippen LogP contribution in [0.15, 0.2) is 24.3 Å². The van der Waals surface area contributed by atoms with Crippen molar-refractivity contribution in [2.45, 2.75) is 45.2 Å². The summed E-state index contributed by atoms with van der Waals surface area (Å²) >= 11 is 0. The maximum Gasteiger partial charge on any atom is 0.303 e. The smallest absolute Gasteiger partial charge is 0.303 e. The quantitative estimate of drug-likeness (QED) is 0.780. The summed E-state index contributed by atoms with van der Waals surface area (Å²) in [5.41, 5.74) is 8.81. The van der Waals surface area contributed by atoms with Gasteiger partial charge in [-0.05, 0) is 24.0 Å². The van der Waals surface area contributed by atoms with Crippen LogP contribution < -0.4 is 10.9 Å². The third-order valence-electron chi connectivity index (χ3n) is 3.91. The van der Waals surface area contributed by atoms with Gasteiger partial charge < -0.3 is 5.11 Å². The highest BCUT2D eigenvalue weighted by atomic mass is 16.4. The van der Waals surface area contributed by atoms with Crippen LogP contribution in [-0.2, 0) is 4.79 Å². The Morgan fingerprint density at radius 2 is 1.89 bits per heavy atom. The first kappa shape index (κ1) is 14.0. The van der Waals surface area contributed by atoms with Gasteiger partial charge >= 0.3 is 5.97 Å². The predicted molar refractivity (Wildman–Crippen MR) is 74.7 cm³/mol. The van der Waals surface area contributed by atoms with E-state index in [2.05, 4.69) is 49.0 Å². The third kappa shape index (κ3) is 3.14. The molecule has 0 spiro atoms. The van der Waals surface area contributed by atoms with Gasteiger partial charge in [0.2, 0.25) is 0 Å². The lowest BCUT2D eigenvalue weighted by molar-refractivity contribution is -0.138. The van der Waals surface area contributed by atoms with E-state index in [9.17, 15) is 4.79 Å². The first-order valence-electron chi connectivity index (χ1n) is 6.81. The van der Waals surface area contributed by atoms with Gasteiger partial charge in [-0.25, -0.2) is 5.43 Å². The monoisotopic (exact) mass is 262 g/mol. The summed E-state index contributed by atoms with van der Waals surface area (Å²) in [6, 6.07) is 8.67. The van der Waals surface area contributed by atoms with Crippen LogP contribution in [0.25, 0.3) is 0 Å². The van der Waals surface area contributed by atoms with Crippen LogP contribution >= 0.6 is 0 Å². The van der Waals surface area contributed by atoms with Gasteiger partial charge in [-0.1, -0.05) is 38.1 Å². The molecule has 0 aromatic heterocycles. The molecule has 0 radical (unpaired) electrons. The van der Waals surface area contributed by atoms with E-state index in [4.69, 9.17) is 5.11 Å². The maximum absolute atomic E-state index is 11.0. The summed E-state index contributed by atoms with van der Waals surface area (Å²) in [6.07, 6.45) is 0.178. The number of benzene rings is 1. The number of carbonyl (C=O) groups is 1. The molecule has 1 aliphatic heterocycles. The summed E-state index contributed by atoms with van der Waals surface area (Å²) in [4.78, 5) is 11.0. The van der Waals surface area contributed by atoms with Gasteiger partial charge in [-0.3, -0.25) is 10.2 Å². The molecule has 3 N–H and O–H groups in total. The molecular weight excluding hydrogens is 240 g/mol. The summed E-state index contributed by atoms with van der Waals surface area (Å²) in [7, 11) is 0. The molecule has 0 saturated carbocycles. The van der Waals surface area contributed by atoms with Crippen LogP contribution in [0.2, 0.25) is 0 Å². The van der Waals surface area contributed by atoms with Crippen LogP contribution in [0, 0.1) is 5.92 Å². The summed E-state index contributed by atoms with van der Waals surface area (Å²) in [5.74, 6) is -0.161. The second-order valence-electron chi connectivity index (χ2n) is 5.64. The van der Waals surface area contributed by atoms with Crippen LogP contribution in [0.5, 0.6) is 0 Å². The molecule has 1 heterocycles. The number of hydrogen-bond acceptors (Lipinski definition) is 3. The van der Waals surface area contributed by atoms with Gasteiger partial charge in [0, 0.05) is 12.0 Å². The Kier molecular flexibility index (Phi) is 4.22. The van der Waals surface area contributed by atoms with Crippen LogP contribution in [0.1, 0.15) is 50.3 Å². The number of nitrogens with one attached hydrogen (secondary N) is 2. The highest BCUT2D eigenvalue weighted by molar-refractivity contribution is 5.67. The van der Waals surface area contributed by atoms with Gasteiger partial charge in [0.05, 0.1) is 12.5 Å². The van der Waals surface area contributed by atoms with E-state index in [1.54, 1.807) is 0 Å². The van der Waals surface area contributed by atoms with Crippen LogP contribution in [0.4, 0.5) is 0 Å². The zero-order chi connectivity index (χ0) is 14.0. The van der Waals surface area contributed by atoms with Crippen molar-refractivity contribution in [2.24, 2.45) is 5.92 Å².